The Hall–Kier alpha value is -1.57. The van der Waals surface area contributed by atoms with Gasteiger partial charge < -0.3 is 14.4 Å². The number of aromatic nitrogens is 2. The molecule has 1 aromatic heterocycles. The first-order valence-electron chi connectivity index (χ1n) is 6.77. The predicted molar refractivity (Wildman–Crippen MR) is 70.7 cm³/mol. The van der Waals surface area contributed by atoms with Crippen LogP contribution in [0.2, 0.25) is 0 Å². The number of alkyl halides is 3. The second-order valence-electron chi connectivity index (χ2n) is 5.50. The average Bonchev–Trinajstić information content (AvgIpc) is 2.68. The van der Waals surface area contributed by atoms with Gasteiger partial charge in [0, 0.05) is 44.4 Å². The Bertz CT molecular complexity index is 492. The summed E-state index contributed by atoms with van der Waals surface area (Å²) in [6.07, 6.45) is -1.24. The normalized spacial score (nSPS) is 16.4. The predicted octanol–water partition coefficient (Wildman–Crippen LogP) is 1.15. The molecule has 0 aromatic carbocycles. The number of hydrogen-bond acceptors (Lipinski definition) is 3. The largest absolute Gasteiger partial charge is 0.406 e. The number of likely N-dealkylation sites (tertiary alicyclic amines) is 1. The molecule has 1 amide bonds. The molecule has 0 unspecified atom stereocenters. The van der Waals surface area contributed by atoms with Gasteiger partial charge in [-0.15, -0.1) is 0 Å². The molecule has 1 aliphatic rings. The third-order valence-electron chi connectivity index (χ3n) is 3.66. The van der Waals surface area contributed by atoms with E-state index in [4.69, 9.17) is 0 Å². The molecule has 21 heavy (non-hydrogen) atoms. The van der Waals surface area contributed by atoms with Crippen LogP contribution in [0.3, 0.4) is 0 Å². The molecule has 5 nitrogen and oxygen atoms in total. The van der Waals surface area contributed by atoms with Gasteiger partial charge in [-0.3, -0.25) is 4.79 Å². The van der Waals surface area contributed by atoms with Crippen LogP contribution in [-0.4, -0.2) is 64.7 Å². The molecule has 0 atom stereocenters. The van der Waals surface area contributed by atoms with Crippen LogP contribution in [0.4, 0.5) is 13.2 Å². The van der Waals surface area contributed by atoms with E-state index in [-0.39, 0.29) is 18.7 Å². The third kappa shape index (κ3) is 4.20. The topological polar surface area (TPSA) is 41.4 Å². The van der Waals surface area contributed by atoms with Crippen molar-refractivity contribution < 1.29 is 18.0 Å². The van der Waals surface area contributed by atoms with E-state index in [1.54, 1.807) is 4.90 Å². The number of hydrogen-bond donors (Lipinski definition) is 0. The number of nitrogens with zero attached hydrogens (tertiary/aromatic N) is 4. The van der Waals surface area contributed by atoms with E-state index in [0.29, 0.717) is 25.0 Å². The maximum Gasteiger partial charge on any atom is 0.406 e. The van der Waals surface area contributed by atoms with Crippen molar-refractivity contribution in [3.8, 4) is 0 Å². The minimum atomic E-state index is -4.28. The van der Waals surface area contributed by atoms with Crippen LogP contribution < -0.4 is 0 Å². The fourth-order valence-electron chi connectivity index (χ4n) is 2.27. The lowest BCUT2D eigenvalue weighted by Crippen LogP contribution is -2.59. The molecule has 1 saturated heterocycles. The van der Waals surface area contributed by atoms with Gasteiger partial charge in [-0.05, 0) is 14.1 Å². The Morgan fingerprint density at radius 1 is 1.43 bits per heavy atom. The molecule has 0 radical (unpaired) electrons. The second-order valence-corrected chi connectivity index (χ2v) is 5.50. The maximum atomic E-state index is 12.4. The van der Waals surface area contributed by atoms with Gasteiger partial charge >= 0.3 is 6.18 Å². The van der Waals surface area contributed by atoms with Crippen LogP contribution in [0.15, 0.2) is 12.4 Å². The maximum absolute atomic E-state index is 12.4. The molecule has 8 heteroatoms. The number of halogens is 3. The van der Waals surface area contributed by atoms with E-state index in [1.165, 1.54) is 12.4 Å². The van der Waals surface area contributed by atoms with Crippen molar-refractivity contribution in [2.45, 2.75) is 31.6 Å². The highest BCUT2D eigenvalue weighted by atomic mass is 19.4. The van der Waals surface area contributed by atoms with E-state index in [2.05, 4.69) is 9.88 Å². The Labute approximate surface area is 121 Å². The number of likely N-dealkylation sites (N-methyl/N-ethyl adjacent to an activating group) is 1. The van der Waals surface area contributed by atoms with Crippen LogP contribution in [0.1, 0.15) is 12.2 Å². The molecule has 0 spiro atoms. The lowest BCUT2D eigenvalue weighted by molar-refractivity contribution is -0.141. The van der Waals surface area contributed by atoms with Crippen LogP contribution in [0, 0.1) is 0 Å². The minimum Gasteiger partial charge on any atom is -0.339 e. The van der Waals surface area contributed by atoms with Crippen molar-refractivity contribution in [2.75, 3.05) is 27.2 Å². The van der Waals surface area contributed by atoms with E-state index in [9.17, 15) is 18.0 Å². The fraction of sp³-hybridized carbons (Fsp3) is 0.692. The third-order valence-corrected chi connectivity index (χ3v) is 3.66. The molecule has 118 valence electrons. The standard InChI is InChI=1S/C13H19F3N4O/c1-18(2)10-7-20(8-10)12(21)4-3-11-17-5-6-19(11)9-13(14,15)16/h5-6,10H,3-4,7-9H2,1-2H3. The molecular formula is C13H19F3N4O. The van der Waals surface area contributed by atoms with E-state index < -0.39 is 12.7 Å². The van der Waals surface area contributed by atoms with Crippen molar-refractivity contribution >= 4 is 5.91 Å². The molecule has 1 fully saturated rings. The summed E-state index contributed by atoms with van der Waals surface area (Å²) in [7, 11) is 3.92. The first-order chi connectivity index (χ1) is 9.76. The molecule has 2 rings (SSSR count). The zero-order chi connectivity index (χ0) is 15.6. The van der Waals surface area contributed by atoms with Crippen LogP contribution in [0.25, 0.3) is 0 Å². The Morgan fingerprint density at radius 3 is 2.67 bits per heavy atom. The fourth-order valence-corrected chi connectivity index (χ4v) is 2.27. The lowest BCUT2D eigenvalue weighted by atomic mass is 10.1. The van der Waals surface area contributed by atoms with Gasteiger partial charge in [0.1, 0.15) is 12.4 Å². The summed E-state index contributed by atoms with van der Waals surface area (Å²) >= 11 is 0. The monoisotopic (exact) mass is 304 g/mol. The number of carbonyl (C=O) groups excluding carboxylic acids is 1. The smallest absolute Gasteiger partial charge is 0.339 e. The molecular weight excluding hydrogens is 285 g/mol. The van der Waals surface area contributed by atoms with Crippen molar-refractivity contribution in [3.63, 3.8) is 0 Å². The molecule has 1 aromatic rings. The van der Waals surface area contributed by atoms with Crippen molar-refractivity contribution in [1.82, 2.24) is 19.4 Å². The average molecular weight is 304 g/mol. The minimum absolute atomic E-state index is 0.0327. The number of rotatable bonds is 5. The summed E-state index contributed by atoms with van der Waals surface area (Å²) in [4.78, 5) is 19.6. The van der Waals surface area contributed by atoms with Gasteiger partial charge in [0.05, 0.1) is 0 Å². The Kier molecular flexibility index (Phi) is 4.55. The second kappa shape index (κ2) is 6.05. The first kappa shape index (κ1) is 15.8. The van der Waals surface area contributed by atoms with Crippen LogP contribution in [-0.2, 0) is 17.8 Å². The van der Waals surface area contributed by atoms with Crippen LogP contribution in [0.5, 0.6) is 0 Å². The zero-order valence-electron chi connectivity index (χ0n) is 12.1. The number of amides is 1. The highest BCUT2D eigenvalue weighted by Crippen LogP contribution is 2.19. The van der Waals surface area contributed by atoms with Gasteiger partial charge in [-0.1, -0.05) is 0 Å². The van der Waals surface area contributed by atoms with E-state index in [0.717, 1.165) is 4.57 Å². The Balaban J connectivity index is 1.81. The number of aryl methyl sites for hydroxylation is 1. The molecule has 0 saturated carbocycles. The van der Waals surface area contributed by atoms with Gasteiger partial charge in [0.15, 0.2) is 0 Å². The van der Waals surface area contributed by atoms with E-state index in [1.807, 2.05) is 14.1 Å². The van der Waals surface area contributed by atoms with Crippen molar-refractivity contribution in [2.24, 2.45) is 0 Å². The highest BCUT2D eigenvalue weighted by Gasteiger charge is 2.32. The highest BCUT2D eigenvalue weighted by molar-refractivity contribution is 5.77. The van der Waals surface area contributed by atoms with Gasteiger partial charge in [0.2, 0.25) is 5.91 Å². The van der Waals surface area contributed by atoms with Crippen LogP contribution >= 0.6 is 0 Å². The first-order valence-corrected chi connectivity index (χ1v) is 6.77. The Morgan fingerprint density at radius 2 is 2.10 bits per heavy atom. The zero-order valence-corrected chi connectivity index (χ0v) is 12.1. The summed E-state index contributed by atoms with van der Waals surface area (Å²) in [6, 6.07) is 0.376. The van der Waals surface area contributed by atoms with Crippen molar-refractivity contribution in [1.29, 1.82) is 0 Å². The van der Waals surface area contributed by atoms with E-state index >= 15 is 0 Å². The summed E-state index contributed by atoms with van der Waals surface area (Å²) in [5, 5.41) is 0. The summed E-state index contributed by atoms with van der Waals surface area (Å²) in [6.45, 7) is 0.300. The quantitative estimate of drug-likeness (QED) is 0.819. The SMILES string of the molecule is CN(C)C1CN(C(=O)CCc2nccn2CC(F)(F)F)C1. The molecule has 0 bridgehead atoms. The van der Waals surface area contributed by atoms with Crippen molar-refractivity contribution in [3.05, 3.63) is 18.2 Å². The summed E-state index contributed by atoms with van der Waals surface area (Å²) < 4.78 is 38.2. The van der Waals surface area contributed by atoms with Gasteiger partial charge in [0.25, 0.3) is 0 Å². The molecule has 2 heterocycles. The van der Waals surface area contributed by atoms with Gasteiger partial charge in [-0.2, -0.15) is 13.2 Å². The summed E-state index contributed by atoms with van der Waals surface area (Å²) in [5.41, 5.74) is 0. The lowest BCUT2D eigenvalue weighted by Gasteiger charge is -2.42. The van der Waals surface area contributed by atoms with Gasteiger partial charge in [-0.25, -0.2) is 4.98 Å². The molecule has 1 aliphatic heterocycles. The molecule has 0 N–H and O–H groups in total. The molecule has 0 aliphatic carbocycles. The number of imidazole rings is 1. The summed E-state index contributed by atoms with van der Waals surface area (Å²) in [5.74, 6) is 0.264. The number of carbonyl (C=O) groups is 1.